The molecule has 3 rings (SSSR count). The lowest BCUT2D eigenvalue weighted by atomic mass is 9.92. The van der Waals surface area contributed by atoms with E-state index in [0.29, 0.717) is 0 Å². The van der Waals surface area contributed by atoms with E-state index in [-0.39, 0.29) is 0 Å². The van der Waals surface area contributed by atoms with Crippen LogP contribution in [0, 0.1) is 0 Å². The summed E-state index contributed by atoms with van der Waals surface area (Å²) in [7, 11) is 0. The molecule has 0 saturated carbocycles. The summed E-state index contributed by atoms with van der Waals surface area (Å²) >= 11 is 1.97. The number of fused-ring (bicyclic) bond motifs is 3. The molecule has 0 aliphatic heterocycles. The maximum absolute atomic E-state index is 2.45. The van der Waals surface area contributed by atoms with Crippen LogP contribution in [-0.2, 0) is 12.8 Å². The fraction of sp³-hybridized carbons (Fsp3) is 0.571. The largest absolute Gasteiger partial charge is 0.135 e. The zero-order valence-corrected chi connectivity index (χ0v) is 19.6. The molecule has 158 valence electrons. The highest BCUT2D eigenvalue weighted by Gasteiger charge is 2.13. The van der Waals surface area contributed by atoms with E-state index in [1.165, 1.54) is 105 Å². The van der Waals surface area contributed by atoms with Crippen LogP contribution in [0.5, 0.6) is 0 Å². The molecule has 0 aliphatic rings. The number of rotatable bonds is 14. The van der Waals surface area contributed by atoms with Crippen molar-refractivity contribution in [1.29, 1.82) is 0 Å². The minimum atomic E-state index is 1.26. The maximum Gasteiger partial charge on any atom is 0.0358 e. The summed E-state index contributed by atoms with van der Waals surface area (Å²) in [6.45, 7) is 4.60. The highest BCUT2D eigenvalue weighted by Crippen LogP contribution is 2.38. The molecule has 29 heavy (non-hydrogen) atoms. The Bertz CT molecular complexity index is 857. The van der Waals surface area contributed by atoms with E-state index in [9.17, 15) is 0 Å². The van der Waals surface area contributed by atoms with E-state index >= 15 is 0 Å². The average Bonchev–Trinajstić information content (AvgIpc) is 3.12. The van der Waals surface area contributed by atoms with Crippen molar-refractivity contribution < 1.29 is 0 Å². The maximum atomic E-state index is 2.45. The summed E-state index contributed by atoms with van der Waals surface area (Å²) in [5, 5.41) is 3.06. The van der Waals surface area contributed by atoms with Crippen LogP contribution in [0.15, 0.2) is 36.4 Å². The number of unbranched alkanes of at least 4 members (excludes halogenated alkanes) is 10. The van der Waals surface area contributed by atoms with E-state index in [4.69, 9.17) is 0 Å². The molecule has 1 heterocycles. The fourth-order valence-electron chi connectivity index (χ4n) is 4.63. The Labute approximate surface area is 182 Å². The van der Waals surface area contributed by atoms with Crippen LogP contribution in [0.2, 0.25) is 0 Å². The van der Waals surface area contributed by atoms with Crippen LogP contribution < -0.4 is 0 Å². The molecule has 1 heteroatoms. The SMILES string of the molecule is CCCCCCCCc1ccc2sc3ccccc3c2c1CCCCCCCC. The number of thiophene rings is 1. The average molecular weight is 409 g/mol. The third-order valence-electron chi connectivity index (χ3n) is 6.33. The molecule has 0 unspecified atom stereocenters. The predicted molar refractivity (Wildman–Crippen MR) is 133 cm³/mol. The van der Waals surface area contributed by atoms with Gasteiger partial charge in [-0.25, -0.2) is 0 Å². The third-order valence-corrected chi connectivity index (χ3v) is 7.46. The van der Waals surface area contributed by atoms with Crippen molar-refractivity contribution in [2.45, 2.75) is 104 Å². The number of benzene rings is 2. The fourth-order valence-corrected chi connectivity index (χ4v) is 5.76. The van der Waals surface area contributed by atoms with Gasteiger partial charge in [0.25, 0.3) is 0 Å². The van der Waals surface area contributed by atoms with Crippen molar-refractivity contribution in [3.05, 3.63) is 47.5 Å². The molecule has 0 saturated heterocycles. The first-order chi connectivity index (χ1) is 14.3. The lowest BCUT2D eigenvalue weighted by Crippen LogP contribution is -1.97. The van der Waals surface area contributed by atoms with E-state index in [1.54, 1.807) is 16.5 Å². The molecule has 0 amide bonds. The molecule has 0 aliphatic carbocycles. The van der Waals surface area contributed by atoms with Crippen LogP contribution in [0.4, 0.5) is 0 Å². The quantitative estimate of drug-likeness (QED) is 0.233. The Hall–Kier alpha value is -1.34. The summed E-state index contributed by atoms with van der Waals surface area (Å²) in [6.07, 6.45) is 19.1. The molecular formula is C28H40S. The zero-order chi connectivity index (χ0) is 20.3. The van der Waals surface area contributed by atoms with Crippen LogP contribution in [0.3, 0.4) is 0 Å². The molecule has 0 N–H and O–H groups in total. The molecule has 0 spiro atoms. The van der Waals surface area contributed by atoms with Gasteiger partial charge >= 0.3 is 0 Å². The van der Waals surface area contributed by atoms with Gasteiger partial charge in [0.15, 0.2) is 0 Å². The Morgan fingerprint density at radius 3 is 1.93 bits per heavy atom. The van der Waals surface area contributed by atoms with Gasteiger partial charge in [-0.05, 0) is 48.9 Å². The van der Waals surface area contributed by atoms with Gasteiger partial charge < -0.3 is 0 Å². The summed E-state index contributed by atoms with van der Waals surface area (Å²) in [5.41, 5.74) is 3.30. The van der Waals surface area contributed by atoms with E-state index in [0.717, 1.165) is 0 Å². The summed E-state index contributed by atoms with van der Waals surface area (Å²) in [4.78, 5) is 0. The van der Waals surface area contributed by atoms with Gasteiger partial charge in [0.2, 0.25) is 0 Å². The first-order valence-electron chi connectivity index (χ1n) is 12.3. The molecule has 0 radical (unpaired) electrons. The predicted octanol–water partition coefficient (Wildman–Crippen LogP) is 9.86. The van der Waals surface area contributed by atoms with E-state index in [1.807, 2.05) is 11.3 Å². The second-order valence-electron chi connectivity index (χ2n) is 8.71. The van der Waals surface area contributed by atoms with Crippen LogP contribution in [0.25, 0.3) is 20.2 Å². The summed E-state index contributed by atoms with van der Waals surface area (Å²) < 4.78 is 2.93. The Balaban J connectivity index is 1.74. The molecule has 2 aromatic carbocycles. The van der Waals surface area contributed by atoms with Crippen molar-refractivity contribution in [2.75, 3.05) is 0 Å². The minimum Gasteiger partial charge on any atom is -0.135 e. The van der Waals surface area contributed by atoms with E-state index < -0.39 is 0 Å². The second-order valence-corrected chi connectivity index (χ2v) is 9.79. The van der Waals surface area contributed by atoms with Gasteiger partial charge in [0.05, 0.1) is 0 Å². The highest BCUT2D eigenvalue weighted by atomic mass is 32.1. The van der Waals surface area contributed by atoms with Crippen LogP contribution >= 0.6 is 11.3 Å². The zero-order valence-electron chi connectivity index (χ0n) is 18.8. The first kappa shape index (κ1) is 22.3. The third kappa shape index (κ3) is 6.32. The molecule has 0 fully saturated rings. The van der Waals surface area contributed by atoms with Gasteiger partial charge in [-0.15, -0.1) is 11.3 Å². The van der Waals surface area contributed by atoms with Crippen molar-refractivity contribution in [1.82, 2.24) is 0 Å². The summed E-state index contributed by atoms with van der Waals surface area (Å²) in [5.74, 6) is 0. The standard InChI is InChI=1S/C28H40S/c1-3-5-7-9-11-13-17-23-21-22-27-28(25-19-15-16-20-26(25)29-27)24(23)18-14-12-10-8-6-4-2/h15-16,19-22H,3-14,17-18H2,1-2H3. The molecule has 0 atom stereocenters. The lowest BCUT2D eigenvalue weighted by molar-refractivity contribution is 0.600. The highest BCUT2D eigenvalue weighted by molar-refractivity contribution is 7.25. The van der Waals surface area contributed by atoms with Crippen molar-refractivity contribution in [3.8, 4) is 0 Å². The first-order valence-corrected chi connectivity index (χ1v) is 13.1. The Morgan fingerprint density at radius 2 is 1.21 bits per heavy atom. The second kappa shape index (κ2) is 12.4. The normalized spacial score (nSPS) is 11.7. The van der Waals surface area contributed by atoms with Gasteiger partial charge in [0.1, 0.15) is 0 Å². The monoisotopic (exact) mass is 408 g/mol. The molecule has 0 bridgehead atoms. The smallest absolute Gasteiger partial charge is 0.0358 e. The van der Waals surface area contributed by atoms with Crippen molar-refractivity contribution in [2.24, 2.45) is 0 Å². The molecule has 3 aromatic rings. The van der Waals surface area contributed by atoms with Crippen LogP contribution in [-0.4, -0.2) is 0 Å². The van der Waals surface area contributed by atoms with Crippen molar-refractivity contribution >= 4 is 31.5 Å². The Morgan fingerprint density at radius 1 is 0.586 bits per heavy atom. The number of hydrogen-bond donors (Lipinski definition) is 0. The number of hydrogen-bond acceptors (Lipinski definition) is 1. The molecular weight excluding hydrogens is 368 g/mol. The van der Waals surface area contributed by atoms with Gasteiger partial charge in [-0.1, -0.05) is 102 Å². The van der Waals surface area contributed by atoms with E-state index in [2.05, 4.69) is 50.2 Å². The van der Waals surface area contributed by atoms with Gasteiger partial charge in [0, 0.05) is 20.2 Å². The Kier molecular flexibility index (Phi) is 9.54. The van der Waals surface area contributed by atoms with Crippen LogP contribution in [0.1, 0.15) is 102 Å². The van der Waals surface area contributed by atoms with Gasteiger partial charge in [-0.2, -0.15) is 0 Å². The number of aryl methyl sites for hydroxylation is 2. The molecule has 0 nitrogen and oxygen atoms in total. The molecule has 1 aromatic heterocycles. The summed E-state index contributed by atoms with van der Waals surface area (Å²) in [6, 6.07) is 13.9. The van der Waals surface area contributed by atoms with Crippen molar-refractivity contribution in [3.63, 3.8) is 0 Å². The minimum absolute atomic E-state index is 1.26. The topological polar surface area (TPSA) is 0 Å². The van der Waals surface area contributed by atoms with Gasteiger partial charge in [-0.3, -0.25) is 0 Å². The lowest BCUT2D eigenvalue weighted by Gasteiger charge is -2.12.